The molecule has 3 rings (SSSR count). The molecule has 1 atom stereocenters. The minimum Gasteiger partial charge on any atom is -0.381 e. The average Bonchev–Trinajstić information content (AvgIpc) is 3.28. The summed E-state index contributed by atoms with van der Waals surface area (Å²) in [4.78, 5) is 14.0. The standard InChI is InChI=1S/C18H21N5O2/c1-22(11-15-4-2-14(10-19)3-5-15)18(24)21-17-6-8-20-23(17)12-16-7-9-25-13-16/h2-6,8,16H,7,9,11-13H2,1H3,(H,21,24). The van der Waals surface area contributed by atoms with Gasteiger partial charge in [0.2, 0.25) is 0 Å². The number of nitriles is 1. The summed E-state index contributed by atoms with van der Waals surface area (Å²) in [5.74, 6) is 1.12. The molecule has 7 nitrogen and oxygen atoms in total. The van der Waals surface area contributed by atoms with Gasteiger partial charge in [0, 0.05) is 38.7 Å². The zero-order valence-electron chi connectivity index (χ0n) is 14.2. The van der Waals surface area contributed by atoms with E-state index in [0.29, 0.717) is 23.8 Å². The van der Waals surface area contributed by atoms with Crippen molar-refractivity contribution < 1.29 is 9.53 Å². The SMILES string of the molecule is CN(Cc1ccc(C#N)cc1)C(=O)Nc1ccnn1CC1CCOC1. The van der Waals surface area contributed by atoms with E-state index in [9.17, 15) is 4.79 Å². The molecule has 0 spiro atoms. The molecule has 1 aliphatic heterocycles. The quantitative estimate of drug-likeness (QED) is 0.907. The van der Waals surface area contributed by atoms with Crippen LogP contribution in [0.4, 0.5) is 10.6 Å². The highest BCUT2D eigenvalue weighted by atomic mass is 16.5. The molecule has 1 aliphatic rings. The van der Waals surface area contributed by atoms with E-state index in [1.54, 1.807) is 36.3 Å². The van der Waals surface area contributed by atoms with Crippen molar-refractivity contribution in [2.45, 2.75) is 19.5 Å². The largest absolute Gasteiger partial charge is 0.381 e. The third kappa shape index (κ3) is 4.37. The lowest BCUT2D eigenvalue weighted by Crippen LogP contribution is -2.32. The molecule has 0 saturated carbocycles. The van der Waals surface area contributed by atoms with Crippen molar-refractivity contribution in [3.05, 3.63) is 47.7 Å². The number of hydrogen-bond acceptors (Lipinski definition) is 4. The van der Waals surface area contributed by atoms with Gasteiger partial charge in [0.15, 0.2) is 0 Å². The molecule has 2 aromatic rings. The van der Waals surface area contributed by atoms with Crippen molar-refractivity contribution >= 4 is 11.8 Å². The summed E-state index contributed by atoms with van der Waals surface area (Å²) in [7, 11) is 1.74. The van der Waals surface area contributed by atoms with E-state index in [0.717, 1.165) is 31.7 Å². The van der Waals surface area contributed by atoms with Crippen LogP contribution >= 0.6 is 0 Å². The Labute approximate surface area is 146 Å². The number of ether oxygens (including phenoxy) is 1. The maximum absolute atomic E-state index is 12.4. The van der Waals surface area contributed by atoms with E-state index in [4.69, 9.17) is 10.00 Å². The van der Waals surface area contributed by atoms with Crippen LogP contribution in [0.3, 0.4) is 0 Å². The first-order valence-electron chi connectivity index (χ1n) is 8.26. The van der Waals surface area contributed by atoms with Crippen LogP contribution in [0.25, 0.3) is 0 Å². The fourth-order valence-corrected chi connectivity index (χ4v) is 2.79. The third-order valence-electron chi connectivity index (χ3n) is 4.26. The lowest BCUT2D eigenvalue weighted by Gasteiger charge is -2.19. The molecule has 0 bridgehead atoms. The first-order chi connectivity index (χ1) is 12.2. The number of amides is 2. The van der Waals surface area contributed by atoms with Gasteiger partial charge >= 0.3 is 6.03 Å². The van der Waals surface area contributed by atoms with Crippen molar-refractivity contribution in [1.29, 1.82) is 5.26 Å². The summed E-state index contributed by atoms with van der Waals surface area (Å²) in [6.07, 6.45) is 2.71. The van der Waals surface area contributed by atoms with Gasteiger partial charge < -0.3 is 9.64 Å². The van der Waals surface area contributed by atoms with Crippen LogP contribution in [0.5, 0.6) is 0 Å². The van der Waals surface area contributed by atoms with Gasteiger partial charge in [-0.05, 0) is 24.1 Å². The minimum atomic E-state index is -0.200. The summed E-state index contributed by atoms with van der Waals surface area (Å²) in [6.45, 7) is 2.73. The zero-order valence-corrected chi connectivity index (χ0v) is 14.2. The van der Waals surface area contributed by atoms with Crippen LogP contribution in [-0.4, -0.2) is 41.0 Å². The molecule has 2 amide bonds. The van der Waals surface area contributed by atoms with Crippen molar-refractivity contribution in [2.75, 3.05) is 25.6 Å². The molecule has 2 heterocycles. The summed E-state index contributed by atoms with van der Waals surface area (Å²) in [6, 6.07) is 10.9. The van der Waals surface area contributed by atoms with E-state index in [1.807, 2.05) is 16.8 Å². The predicted octanol–water partition coefficient (Wildman–Crippen LogP) is 2.46. The molecule has 0 radical (unpaired) electrons. The lowest BCUT2D eigenvalue weighted by molar-refractivity contribution is 0.181. The molecule has 1 saturated heterocycles. The van der Waals surface area contributed by atoms with Crippen molar-refractivity contribution in [3.63, 3.8) is 0 Å². The van der Waals surface area contributed by atoms with Gasteiger partial charge in [-0.1, -0.05) is 12.1 Å². The predicted molar refractivity (Wildman–Crippen MR) is 92.8 cm³/mol. The van der Waals surface area contributed by atoms with Gasteiger partial charge in [0.05, 0.1) is 24.4 Å². The lowest BCUT2D eigenvalue weighted by atomic mass is 10.1. The zero-order chi connectivity index (χ0) is 17.6. The first kappa shape index (κ1) is 17.0. The molecule has 0 aliphatic carbocycles. The number of hydrogen-bond donors (Lipinski definition) is 1. The fourth-order valence-electron chi connectivity index (χ4n) is 2.79. The Balaban J connectivity index is 1.57. The number of urea groups is 1. The van der Waals surface area contributed by atoms with Crippen LogP contribution in [0.2, 0.25) is 0 Å². The number of benzene rings is 1. The second kappa shape index (κ2) is 7.81. The summed E-state index contributed by atoms with van der Waals surface area (Å²) in [5, 5.41) is 16.0. The third-order valence-corrected chi connectivity index (χ3v) is 4.26. The Hall–Kier alpha value is -2.85. The monoisotopic (exact) mass is 339 g/mol. The van der Waals surface area contributed by atoms with Gasteiger partial charge in [-0.15, -0.1) is 0 Å². The topological polar surface area (TPSA) is 83.2 Å². The van der Waals surface area contributed by atoms with Crippen LogP contribution in [0.15, 0.2) is 36.5 Å². The first-order valence-corrected chi connectivity index (χ1v) is 8.26. The summed E-state index contributed by atoms with van der Waals surface area (Å²) in [5.41, 5.74) is 1.57. The van der Waals surface area contributed by atoms with Crippen LogP contribution in [0.1, 0.15) is 17.5 Å². The van der Waals surface area contributed by atoms with Crippen molar-refractivity contribution in [1.82, 2.24) is 14.7 Å². The van der Waals surface area contributed by atoms with Gasteiger partial charge in [-0.2, -0.15) is 10.4 Å². The summed E-state index contributed by atoms with van der Waals surface area (Å²) >= 11 is 0. The average molecular weight is 339 g/mol. The van der Waals surface area contributed by atoms with E-state index in [-0.39, 0.29) is 6.03 Å². The molecule has 25 heavy (non-hydrogen) atoms. The highest BCUT2D eigenvalue weighted by Gasteiger charge is 2.19. The van der Waals surface area contributed by atoms with Gasteiger partial charge in [0.1, 0.15) is 5.82 Å². The highest BCUT2D eigenvalue weighted by Crippen LogP contribution is 2.17. The summed E-state index contributed by atoms with van der Waals surface area (Å²) < 4.78 is 7.20. The smallest absolute Gasteiger partial charge is 0.323 e. The van der Waals surface area contributed by atoms with Gasteiger partial charge in [0.25, 0.3) is 0 Å². The van der Waals surface area contributed by atoms with Gasteiger partial charge in [-0.3, -0.25) is 5.32 Å². The van der Waals surface area contributed by atoms with Crippen LogP contribution in [-0.2, 0) is 17.8 Å². The highest BCUT2D eigenvalue weighted by molar-refractivity contribution is 5.88. The van der Waals surface area contributed by atoms with Gasteiger partial charge in [-0.25, -0.2) is 9.48 Å². The number of nitrogens with one attached hydrogen (secondary N) is 1. The molecular weight excluding hydrogens is 318 g/mol. The normalized spacial score (nSPS) is 16.4. The van der Waals surface area contributed by atoms with Crippen molar-refractivity contribution in [2.24, 2.45) is 5.92 Å². The van der Waals surface area contributed by atoms with Crippen LogP contribution < -0.4 is 5.32 Å². The Morgan fingerprint density at radius 3 is 2.92 bits per heavy atom. The Bertz CT molecular complexity index is 757. The maximum atomic E-state index is 12.4. The van der Waals surface area contributed by atoms with E-state index < -0.39 is 0 Å². The molecule has 7 heteroatoms. The number of carbonyl (C=O) groups excluding carboxylic acids is 1. The molecular formula is C18H21N5O2. The second-order valence-electron chi connectivity index (χ2n) is 6.22. The molecule has 1 aromatic heterocycles. The van der Waals surface area contributed by atoms with E-state index >= 15 is 0 Å². The number of aromatic nitrogens is 2. The van der Waals surface area contributed by atoms with E-state index in [2.05, 4.69) is 16.5 Å². The number of nitrogens with zero attached hydrogens (tertiary/aromatic N) is 4. The van der Waals surface area contributed by atoms with E-state index in [1.165, 1.54) is 0 Å². The molecule has 1 N–H and O–H groups in total. The molecule has 1 unspecified atom stereocenters. The number of rotatable bonds is 5. The minimum absolute atomic E-state index is 0.200. The molecule has 1 aromatic carbocycles. The Kier molecular flexibility index (Phi) is 5.31. The van der Waals surface area contributed by atoms with Crippen LogP contribution in [0, 0.1) is 17.2 Å². The molecule has 1 fully saturated rings. The maximum Gasteiger partial charge on any atom is 0.323 e. The molecule has 130 valence electrons. The van der Waals surface area contributed by atoms with Crippen molar-refractivity contribution in [3.8, 4) is 6.07 Å². The fraction of sp³-hybridized carbons (Fsp3) is 0.389. The second-order valence-corrected chi connectivity index (χ2v) is 6.22. The number of carbonyl (C=O) groups is 1. The Morgan fingerprint density at radius 1 is 1.44 bits per heavy atom. The number of anilines is 1. The Morgan fingerprint density at radius 2 is 2.24 bits per heavy atom.